The first-order chi connectivity index (χ1) is 8.52. The zero-order valence-corrected chi connectivity index (χ0v) is 10.1. The monoisotopic (exact) mass is 250 g/mol. The molecular formula is C12H14N2O4. The number of Topliss-reactive ketones (excluding diaryl/α,β-unsaturated/α-hetero) is 1. The summed E-state index contributed by atoms with van der Waals surface area (Å²) in [5.74, 6) is -0.486. The molecule has 0 aliphatic carbocycles. The van der Waals surface area contributed by atoms with Gasteiger partial charge in [-0.05, 0) is 19.1 Å². The van der Waals surface area contributed by atoms with Crippen LogP contribution in [0.5, 0.6) is 0 Å². The van der Waals surface area contributed by atoms with E-state index in [1.165, 1.54) is 14.0 Å². The minimum atomic E-state index is -0.678. The Labute approximate surface area is 104 Å². The average Bonchev–Trinajstić information content (AvgIpc) is 2.36. The number of anilines is 1. The Hall–Kier alpha value is -2.37. The number of carbonyl (C=O) groups excluding carboxylic acids is 3. The highest BCUT2D eigenvalue weighted by atomic mass is 16.5. The van der Waals surface area contributed by atoms with Crippen molar-refractivity contribution in [2.75, 3.05) is 19.0 Å². The molecule has 96 valence electrons. The van der Waals surface area contributed by atoms with Crippen molar-refractivity contribution < 1.29 is 19.1 Å². The fourth-order valence-corrected chi connectivity index (χ4v) is 1.25. The number of ether oxygens (including phenoxy) is 1. The lowest BCUT2D eigenvalue weighted by molar-refractivity contribution is -0.115. The van der Waals surface area contributed by atoms with Crippen molar-refractivity contribution in [2.24, 2.45) is 0 Å². The van der Waals surface area contributed by atoms with Crippen molar-refractivity contribution >= 4 is 23.5 Å². The van der Waals surface area contributed by atoms with Crippen molar-refractivity contribution in [1.82, 2.24) is 5.32 Å². The first-order valence-corrected chi connectivity index (χ1v) is 5.25. The number of alkyl carbamates (subject to hydrolysis) is 1. The summed E-state index contributed by atoms with van der Waals surface area (Å²) in [7, 11) is 1.21. The second-order valence-corrected chi connectivity index (χ2v) is 3.53. The van der Waals surface area contributed by atoms with Gasteiger partial charge in [0, 0.05) is 11.3 Å². The third-order valence-corrected chi connectivity index (χ3v) is 2.13. The highest BCUT2D eigenvalue weighted by molar-refractivity contribution is 5.97. The van der Waals surface area contributed by atoms with Crippen LogP contribution in [0.25, 0.3) is 0 Å². The number of methoxy groups -OCH3 is 1. The summed E-state index contributed by atoms with van der Waals surface area (Å²) in [6.07, 6.45) is -0.678. The average molecular weight is 250 g/mol. The van der Waals surface area contributed by atoms with Crippen LogP contribution in [0.4, 0.5) is 10.5 Å². The Kier molecular flexibility index (Phi) is 4.86. The second-order valence-electron chi connectivity index (χ2n) is 3.53. The Bertz CT molecular complexity index is 471. The largest absolute Gasteiger partial charge is 0.453 e. The van der Waals surface area contributed by atoms with Gasteiger partial charge >= 0.3 is 6.09 Å². The third kappa shape index (κ3) is 4.25. The Balaban J connectivity index is 2.56. The van der Waals surface area contributed by atoms with Crippen LogP contribution in [-0.2, 0) is 9.53 Å². The van der Waals surface area contributed by atoms with E-state index in [4.69, 9.17) is 0 Å². The molecule has 0 aromatic heterocycles. The molecule has 0 aliphatic rings. The fraction of sp³-hybridized carbons (Fsp3) is 0.250. The van der Waals surface area contributed by atoms with Crippen LogP contribution in [0.2, 0.25) is 0 Å². The number of ketones is 1. The van der Waals surface area contributed by atoms with Crippen molar-refractivity contribution in [2.45, 2.75) is 6.92 Å². The van der Waals surface area contributed by atoms with Gasteiger partial charge in [-0.25, -0.2) is 4.79 Å². The molecule has 1 aromatic rings. The lowest BCUT2D eigenvalue weighted by Gasteiger charge is -2.07. The van der Waals surface area contributed by atoms with Gasteiger partial charge in [0.1, 0.15) is 6.54 Å². The van der Waals surface area contributed by atoms with E-state index in [2.05, 4.69) is 15.4 Å². The smallest absolute Gasteiger partial charge is 0.407 e. The summed E-state index contributed by atoms with van der Waals surface area (Å²) in [5, 5.41) is 4.80. The van der Waals surface area contributed by atoms with E-state index in [1.807, 2.05) is 0 Å². The zero-order valence-electron chi connectivity index (χ0n) is 10.1. The van der Waals surface area contributed by atoms with Crippen LogP contribution in [0.15, 0.2) is 24.3 Å². The number of nitrogens with one attached hydrogen (secondary N) is 2. The van der Waals surface area contributed by atoms with E-state index >= 15 is 0 Å². The Morgan fingerprint density at radius 2 is 2.00 bits per heavy atom. The van der Waals surface area contributed by atoms with Gasteiger partial charge in [-0.3, -0.25) is 9.59 Å². The van der Waals surface area contributed by atoms with Crippen LogP contribution in [0, 0.1) is 0 Å². The molecule has 0 bridgehead atoms. The highest BCUT2D eigenvalue weighted by Crippen LogP contribution is 2.10. The molecule has 0 atom stereocenters. The van der Waals surface area contributed by atoms with Gasteiger partial charge in [-0.15, -0.1) is 0 Å². The van der Waals surface area contributed by atoms with Crippen LogP contribution in [-0.4, -0.2) is 31.4 Å². The second kappa shape index (κ2) is 6.39. The number of hydrogen-bond acceptors (Lipinski definition) is 4. The number of hydrogen-bond donors (Lipinski definition) is 2. The minimum absolute atomic E-state index is 0.0845. The molecule has 2 N–H and O–H groups in total. The highest BCUT2D eigenvalue weighted by Gasteiger charge is 2.06. The minimum Gasteiger partial charge on any atom is -0.453 e. The molecule has 6 nitrogen and oxygen atoms in total. The van der Waals surface area contributed by atoms with E-state index in [-0.39, 0.29) is 12.3 Å². The van der Waals surface area contributed by atoms with Gasteiger partial charge in [0.25, 0.3) is 0 Å². The summed E-state index contributed by atoms with van der Waals surface area (Å²) >= 11 is 0. The molecule has 1 aromatic carbocycles. The quantitative estimate of drug-likeness (QED) is 0.786. The van der Waals surface area contributed by atoms with E-state index in [0.29, 0.717) is 11.3 Å². The first kappa shape index (κ1) is 13.7. The van der Waals surface area contributed by atoms with Crippen LogP contribution >= 0.6 is 0 Å². The van der Waals surface area contributed by atoms with Crippen molar-refractivity contribution in [3.63, 3.8) is 0 Å². The van der Waals surface area contributed by atoms with E-state index in [0.717, 1.165) is 0 Å². The maximum absolute atomic E-state index is 11.4. The number of rotatable bonds is 4. The summed E-state index contributed by atoms with van der Waals surface area (Å²) < 4.78 is 4.33. The molecule has 0 spiro atoms. The van der Waals surface area contributed by atoms with Gasteiger partial charge in [-0.1, -0.05) is 12.1 Å². The predicted octanol–water partition coefficient (Wildman–Crippen LogP) is 1.18. The van der Waals surface area contributed by atoms with E-state index in [9.17, 15) is 14.4 Å². The van der Waals surface area contributed by atoms with Crippen molar-refractivity contribution in [1.29, 1.82) is 0 Å². The molecule has 0 heterocycles. The molecule has 18 heavy (non-hydrogen) atoms. The summed E-state index contributed by atoms with van der Waals surface area (Å²) in [4.78, 5) is 33.4. The van der Waals surface area contributed by atoms with Gasteiger partial charge in [0.05, 0.1) is 7.11 Å². The molecule has 0 aliphatic heterocycles. The summed E-state index contributed by atoms with van der Waals surface area (Å²) in [6.45, 7) is 1.25. The van der Waals surface area contributed by atoms with E-state index in [1.54, 1.807) is 24.3 Å². The molecule has 0 saturated carbocycles. The normalized spacial score (nSPS) is 9.44. The summed E-state index contributed by atoms with van der Waals surface area (Å²) in [6, 6.07) is 6.55. The molecule has 6 heteroatoms. The Morgan fingerprint density at radius 1 is 1.28 bits per heavy atom. The molecule has 0 saturated heterocycles. The van der Waals surface area contributed by atoms with Crippen molar-refractivity contribution in [3.8, 4) is 0 Å². The molecule has 0 fully saturated rings. The number of benzene rings is 1. The van der Waals surface area contributed by atoms with Crippen LogP contribution < -0.4 is 10.6 Å². The van der Waals surface area contributed by atoms with Crippen LogP contribution in [0.1, 0.15) is 17.3 Å². The Morgan fingerprint density at radius 3 is 2.61 bits per heavy atom. The first-order valence-electron chi connectivity index (χ1n) is 5.25. The molecular weight excluding hydrogens is 236 g/mol. The summed E-state index contributed by atoms with van der Waals surface area (Å²) in [5.41, 5.74) is 1.01. The molecule has 2 amide bonds. The van der Waals surface area contributed by atoms with Gasteiger partial charge in [-0.2, -0.15) is 0 Å². The molecule has 1 rings (SSSR count). The predicted molar refractivity (Wildman–Crippen MR) is 65.5 cm³/mol. The maximum Gasteiger partial charge on any atom is 0.407 e. The standard InChI is InChI=1S/C12H14N2O4/c1-8(15)9-4-3-5-10(6-9)14-11(16)7-13-12(17)18-2/h3-6H,7H2,1-2H3,(H,13,17)(H,14,16). The third-order valence-electron chi connectivity index (χ3n) is 2.13. The number of carbonyl (C=O) groups is 3. The van der Waals surface area contributed by atoms with Gasteiger partial charge in [0.2, 0.25) is 5.91 Å². The van der Waals surface area contributed by atoms with Crippen LogP contribution in [0.3, 0.4) is 0 Å². The van der Waals surface area contributed by atoms with Gasteiger partial charge < -0.3 is 15.4 Å². The lowest BCUT2D eigenvalue weighted by atomic mass is 10.1. The van der Waals surface area contributed by atoms with Gasteiger partial charge in [0.15, 0.2) is 5.78 Å². The number of amides is 2. The molecule has 0 radical (unpaired) electrons. The molecule has 0 unspecified atom stereocenters. The van der Waals surface area contributed by atoms with E-state index < -0.39 is 12.0 Å². The van der Waals surface area contributed by atoms with Crippen molar-refractivity contribution in [3.05, 3.63) is 29.8 Å². The maximum atomic E-state index is 11.4. The lowest BCUT2D eigenvalue weighted by Crippen LogP contribution is -2.32. The topological polar surface area (TPSA) is 84.5 Å². The zero-order chi connectivity index (χ0) is 13.5. The fourth-order valence-electron chi connectivity index (χ4n) is 1.25. The SMILES string of the molecule is COC(=O)NCC(=O)Nc1cccc(C(C)=O)c1.